The number of methoxy groups -OCH3 is 2. The molecule has 0 bridgehead atoms. The number of phenols is 1. The van der Waals surface area contributed by atoms with E-state index in [-0.39, 0.29) is 28.7 Å². The van der Waals surface area contributed by atoms with E-state index in [0.717, 1.165) is 55.4 Å². The third kappa shape index (κ3) is 5.24. The summed E-state index contributed by atoms with van der Waals surface area (Å²) in [7, 11) is 3.29. The number of nitrogens with zero attached hydrogens (tertiary/aromatic N) is 1. The fourth-order valence-corrected chi connectivity index (χ4v) is 6.30. The lowest BCUT2D eigenvalue weighted by Crippen LogP contribution is -2.39. The van der Waals surface area contributed by atoms with Gasteiger partial charge in [0.2, 0.25) is 0 Å². The number of benzene rings is 3. The standard InChI is InChI=1S/C31H33F4NO3/c1-18-14-28(33)24(16-27(18)32)25-17-31(34,35)26-15-22(37)8-9-23(26)29(25)19-4-6-21(7-5-19)36-12-10-20(11-13-36)30(38-2)39-3/h4-9,14-16,20,25,29-30,37H,10-13,17H2,1-3H3. The van der Waals surface area contributed by atoms with Crippen molar-refractivity contribution < 1.29 is 32.1 Å². The summed E-state index contributed by atoms with van der Waals surface area (Å²) in [5.74, 6) is -6.27. The molecule has 2 unspecified atom stereocenters. The van der Waals surface area contributed by atoms with Crippen LogP contribution in [0, 0.1) is 24.5 Å². The van der Waals surface area contributed by atoms with Gasteiger partial charge in [0.05, 0.1) is 0 Å². The summed E-state index contributed by atoms with van der Waals surface area (Å²) < 4.78 is 71.4. The van der Waals surface area contributed by atoms with Gasteiger partial charge < -0.3 is 19.5 Å². The van der Waals surface area contributed by atoms with Gasteiger partial charge in [0.1, 0.15) is 17.4 Å². The molecular formula is C31H33F4NO3. The van der Waals surface area contributed by atoms with E-state index in [2.05, 4.69) is 4.90 Å². The first kappa shape index (κ1) is 27.5. The number of anilines is 1. The number of piperidine rings is 1. The lowest BCUT2D eigenvalue weighted by molar-refractivity contribution is -0.141. The van der Waals surface area contributed by atoms with Gasteiger partial charge in [0.15, 0.2) is 6.29 Å². The molecule has 0 saturated carbocycles. The molecule has 2 aliphatic rings. The molecule has 1 N–H and O–H groups in total. The van der Waals surface area contributed by atoms with Gasteiger partial charge in [-0.2, -0.15) is 0 Å². The molecule has 1 heterocycles. The van der Waals surface area contributed by atoms with Gasteiger partial charge in [-0.05, 0) is 78.4 Å². The number of hydrogen-bond donors (Lipinski definition) is 1. The van der Waals surface area contributed by atoms with Crippen molar-refractivity contribution in [1.29, 1.82) is 0 Å². The molecule has 0 spiro atoms. The first-order valence-electron chi connectivity index (χ1n) is 13.2. The fourth-order valence-electron chi connectivity index (χ4n) is 6.30. The van der Waals surface area contributed by atoms with Crippen LogP contribution in [0.25, 0.3) is 0 Å². The summed E-state index contributed by atoms with van der Waals surface area (Å²) in [5.41, 5.74) is 1.79. The average molecular weight is 544 g/mol. The Morgan fingerprint density at radius 3 is 2.21 bits per heavy atom. The van der Waals surface area contributed by atoms with Crippen molar-refractivity contribution in [2.24, 2.45) is 5.92 Å². The molecule has 3 aromatic rings. The molecule has 0 radical (unpaired) electrons. The molecule has 4 nitrogen and oxygen atoms in total. The van der Waals surface area contributed by atoms with Crippen molar-refractivity contribution in [3.05, 3.63) is 94.0 Å². The average Bonchev–Trinajstić information content (AvgIpc) is 2.92. The van der Waals surface area contributed by atoms with Crippen LogP contribution in [0.4, 0.5) is 23.2 Å². The van der Waals surface area contributed by atoms with Gasteiger partial charge in [-0.25, -0.2) is 17.6 Å². The Morgan fingerprint density at radius 1 is 0.897 bits per heavy atom. The maximum absolute atomic E-state index is 15.4. The summed E-state index contributed by atoms with van der Waals surface area (Å²) in [6.45, 7) is 3.09. The normalized spacial score (nSPS) is 21.3. The van der Waals surface area contributed by atoms with Crippen LogP contribution in [-0.2, 0) is 15.4 Å². The summed E-state index contributed by atoms with van der Waals surface area (Å²) in [6, 6.07) is 13.7. The second kappa shape index (κ2) is 10.8. The van der Waals surface area contributed by atoms with Crippen LogP contribution in [0.2, 0.25) is 0 Å². The van der Waals surface area contributed by atoms with Gasteiger partial charge in [-0.1, -0.05) is 18.2 Å². The summed E-state index contributed by atoms with van der Waals surface area (Å²) >= 11 is 0. The van der Waals surface area contributed by atoms with Crippen LogP contribution in [0.5, 0.6) is 5.75 Å². The monoisotopic (exact) mass is 543 g/mol. The van der Waals surface area contributed by atoms with Crippen LogP contribution in [0.3, 0.4) is 0 Å². The van der Waals surface area contributed by atoms with Crippen molar-refractivity contribution in [3.63, 3.8) is 0 Å². The zero-order chi connectivity index (χ0) is 27.9. The van der Waals surface area contributed by atoms with Crippen LogP contribution >= 0.6 is 0 Å². The van der Waals surface area contributed by atoms with E-state index in [0.29, 0.717) is 11.5 Å². The lowest BCUT2D eigenvalue weighted by atomic mass is 9.67. The zero-order valence-corrected chi connectivity index (χ0v) is 22.3. The van der Waals surface area contributed by atoms with Gasteiger partial charge in [0.25, 0.3) is 5.92 Å². The fraction of sp³-hybridized carbons (Fsp3) is 0.419. The number of fused-ring (bicyclic) bond motifs is 1. The predicted molar refractivity (Wildman–Crippen MR) is 141 cm³/mol. The molecule has 5 rings (SSSR count). The Hall–Kier alpha value is -3.10. The Morgan fingerprint density at radius 2 is 1.56 bits per heavy atom. The Balaban J connectivity index is 1.50. The zero-order valence-electron chi connectivity index (χ0n) is 22.3. The van der Waals surface area contributed by atoms with Gasteiger partial charge in [0, 0.05) is 62.7 Å². The minimum Gasteiger partial charge on any atom is -0.508 e. The highest BCUT2D eigenvalue weighted by Gasteiger charge is 2.47. The molecule has 39 heavy (non-hydrogen) atoms. The molecule has 208 valence electrons. The van der Waals surface area contributed by atoms with E-state index < -0.39 is 35.8 Å². The van der Waals surface area contributed by atoms with E-state index in [1.807, 2.05) is 24.3 Å². The van der Waals surface area contributed by atoms with Gasteiger partial charge in [-0.15, -0.1) is 0 Å². The van der Waals surface area contributed by atoms with Crippen LogP contribution in [0.15, 0.2) is 54.6 Å². The number of ether oxygens (including phenoxy) is 2. The van der Waals surface area contributed by atoms with Gasteiger partial charge >= 0.3 is 0 Å². The van der Waals surface area contributed by atoms with Crippen molar-refractivity contribution in [2.75, 3.05) is 32.2 Å². The quantitative estimate of drug-likeness (QED) is 0.263. The van der Waals surface area contributed by atoms with E-state index >= 15 is 13.2 Å². The smallest absolute Gasteiger partial charge is 0.274 e. The largest absolute Gasteiger partial charge is 0.508 e. The van der Waals surface area contributed by atoms with Crippen molar-refractivity contribution >= 4 is 5.69 Å². The van der Waals surface area contributed by atoms with Crippen LogP contribution in [-0.4, -0.2) is 38.7 Å². The first-order chi connectivity index (χ1) is 18.6. The third-order valence-corrected chi connectivity index (χ3v) is 8.33. The van der Waals surface area contributed by atoms with Crippen molar-refractivity contribution in [3.8, 4) is 5.75 Å². The van der Waals surface area contributed by atoms with Gasteiger partial charge in [-0.3, -0.25) is 0 Å². The second-order valence-electron chi connectivity index (χ2n) is 10.6. The Labute approximate surface area is 226 Å². The Kier molecular flexibility index (Phi) is 7.62. The molecule has 2 atom stereocenters. The third-order valence-electron chi connectivity index (χ3n) is 8.33. The number of rotatable bonds is 6. The van der Waals surface area contributed by atoms with E-state index in [9.17, 15) is 9.50 Å². The number of halogens is 4. The minimum atomic E-state index is -3.32. The number of aromatic hydroxyl groups is 1. The molecule has 1 fully saturated rings. The topological polar surface area (TPSA) is 41.9 Å². The van der Waals surface area contributed by atoms with E-state index in [4.69, 9.17) is 9.47 Å². The summed E-state index contributed by atoms with van der Waals surface area (Å²) in [5, 5.41) is 9.97. The Bertz CT molecular complexity index is 1320. The number of hydrogen-bond acceptors (Lipinski definition) is 4. The van der Waals surface area contributed by atoms with Crippen LogP contribution in [0.1, 0.15) is 58.9 Å². The lowest BCUT2D eigenvalue weighted by Gasteiger charge is -2.39. The first-order valence-corrected chi connectivity index (χ1v) is 13.2. The molecular weight excluding hydrogens is 510 g/mol. The molecule has 1 aliphatic carbocycles. The maximum atomic E-state index is 15.4. The highest BCUT2D eigenvalue weighted by Crippen LogP contribution is 2.55. The molecule has 0 amide bonds. The highest BCUT2D eigenvalue weighted by atomic mass is 19.3. The maximum Gasteiger partial charge on any atom is 0.274 e. The molecule has 8 heteroatoms. The summed E-state index contributed by atoms with van der Waals surface area (Å²) in [6.07, 6.45) is 0.872. The number of phenolic OH excluding ortho intramolecular Hbond substituents is 1. The number of alkyl halides is 2. The summed E-state index contributed by atoms with van der Waals surface area (Å²) in [4.78, 5) is 2.26. The number of aryl methyl sites for hydroxylation is 1. The second-order valence-corrected chi connectivity index (χ2v) is 10.6. The highest BCUT2D eigenvalue weighted by molar-refractivity contribution is 5.54. The molecule has 0 aromatic heterocycles. The molecule has 3 aromatic carbocycles. The minimum absolute atomic E-state index is 0.0708. The SMILES string of the molecule is COC(OC)C1CCN(c2ccc(C3c4ccc(O)cc4C(F)(F)CC3c3cc(F)c(C)cc3F)cc2)CC1. The molecule has 1 aliphatic heterocycles. The predicted octanol–water partition coefficient (Wildman–Crippen LogP) is 7.23. The van der Waals surface area contributed by atoms with E-state index in [1.54, 1.807) is 14.2 Å². The van der Waals surface area contributed by atoms with E-state index in [1.165, 1.54) is 19.1 Å². The molecule has 1 saturated heterocycles. The van der Waals surface area contributed by atoms with Crippen molar-refractivity contribution in [1.82, 2.24) is 0 Å². The van der Waals surface area contributed by atoms with Crippen molar-refractivity contribution in [2.45, 2.75) is 50.2 Å². The van der Waals surface area contributed by atoms with Crippen LogP contribution < -0.4 is 4.90 Å².